The van der Waals surface area contributed by atoms with Gasteiger partial charge in [-0.05, 0) is 43.2 Å². The van der Waals surface area contributed by atoms with Gasteiger partial charge < -0.3 is 15.0 Å². The Kier molecular flexibility index (Phi) is 5.54. The van der Waals surface area contributed by atoms with Crippen LogP contribution < -0.4 is 10.2 Å². The third kappa shape index (κ3) is 4.53. The van der Waals surface area contributed by atoms with E-state index in [9.17, 15) is 14.4 Å². The Balaban J connectivity index is 1.53. The summed E-state index contributed by atoms with van der Waals surface area (Å²) in [6, 6.07) is 14.9. The molecule has 1 fully saturated rings. The SMILES string of the molecule is Cc1cccc(NC(=O)COC(=O)[C@H]2CC(=O)N(c3ccccc3C)C2)c1. The lowest BCUT2D eigenvalue weighted by Gasteiger charge is -2.18. The molecule has 3 rings (SSSR count). The number of esters is 1. The minimum atomic E-state index is -0.566. The molecule has 2 aromatic rings. The summed E-state index contributed by atoms with van der Waals surface area (Å²) in [5, 5.41) is 2.69. The lowest BCUT2D eigenvalue weighted by molar-refractivity contribution is -0.151. The maximum Gasteiger partial charge on any atom is 0.311 e. The molecule has 1 aliphatic rings. The van der Waals surface area contributed by atoms with E-state index in [1.54, 1.807) is 11.0 Å². The van der Waals surface area contributed by atoms with Crippen molar-refractivity contribution in [1.29, 1.82) is 0 Å². The topological polar surface area (TPSA) is 75.7 Å². The molecule has 1 atom stereocenters. The van der Waals surface area contributed by atoms with Gasteiger partial charge in [-0.2, -0.15) is 0 Å². The zero-order chi connectivity index (χ0) is 19.4. The van der Waals surface area contributed by atoms with E-state index in [0.29, 0.717) is 5.69 Å². The van der Waals surface area contributed by atoms with Crippen molar-refractivity contribution in [1.82, 2.24) is 0 Å². The number of carbonyl (C=O) groups excluding carboxylic acids is 3. The van der Waals surface area contributed by atoms with Gasteiger partial charge in [-0.1, -0.05) is 30.3 Å². The summed E-state index contributed by atoms with van der Waals surface area (Å²) in [7, 11) is 0. The minimum Gasteiger partial charge on any atom is -0.455 e. The fourth-order valence-electron chi connectivity index (χ4n) is 3.14. The van der Waals surface area contributed by atoms with E-state index in [1.807, 2.05) is 56.3 Å². The zero-order valence-electron chi connectivity index (χ0n) is 15.4. The van der Waals surface area contributed by atoms with Crippen LogP contribution in [0.15, 0.2) is 48.5 Å². The van der Waals surface area contributed by atoms with Gasteiger partial charge >= 0.3 is 5.97 Å². The minimum absolute atomic E-state index is 0.0899. The largest absolute Gasteiger partial charge is 0.455 e. The van der Waals surface area contributed by atoms with Crippen LogP contribution in [0.1, 0.15) is 17.5 Å². The van der Waals surface area contributed by atoms with Crippen molar-refractivity contribution in [3.8, 4) is 0 Å². The van der Waals surface area contributed by atoms with Gasteiger partial charge in [0, 0.05) is 24.3 Å². The predicted molar refractivity (Wildman–Crippen MR) is 102 cm³/mol. The molecule has 1 saturated heterocycles. The van der Waals surface area contributed by atoms with Crippen LogP contribution in [0.2, 0.25) is 0 Å². The predicted octanol–water partition coefficient (Wildman–Crippen LogP) is 2.84. The average molecular weight is 366 g/mol. The monoisotopic (exact) mass is 366 g/mol. The van der Waals surface area contributed by atoms with E-state index in [4.69, 9.17) is 4.74 Å². The van der Waals surface area contributed by atoms with Gasteiger partial charge in [0.15, 0.2) is 6.61 Å². The molecule has 0 spiro atoms. The third-order valence-corrected chi connectivity index (χ3v) is 4.51. The fraction of sp³-hybridized carbons (Fsp3) is 0.286. The Morgan fingerprint density at radius 1 is 1.15 bits per heavy atom. The van der Waals surface area contributed by atoms with E-state index < -0.39 is 17.8 Å². The van der Waals surface area contributed by atoms with Gasteiger partial charge in [0.1, 0.15) is 0 Å². The highest BCUT2D eigenvalue weighted by molar-refractivity contribution is 6.00. The Labute approximate surface area is 158 Å². The molecule has 2 amide bonds. The van der Waals surface area contributed by atoms with Crippen LogP contribution in [0.3, 0.4) is 0 Å². The van der Waals surface area contributed by atoms with Crippen molar-refractivity contribution in [3.05, 3.63) is 59.7 Å². The summed E-state index contributed by atoms with van der Waals surface area (Å²) >= 11 is 0. The van der Waals surface area contributed by atoms with Crippen LogP contribution in [-0.2, 0) is 19.1 Å². The molecule has 6 heteroatoms. The number of carbonyl (C=O) groups is 3. The molecule has 1 N–H and O–H groups in total. The zero-order valence-corrected chi connectivity index (χ0v) is 15.4. The molecule has 1 aliphatic heterocycles. The van der Waals surface area contributed by atoms with Crippen molar-refractivity contribution in [3.63, 3.8) is 0 Å². The Bertz CT molecular complexity index is 878. The van der Waals surface area contributed by atoms with Crippen LogP contribution in [0.4, 0.5) is 11.4 Å². The molecular weight excluding hydrogens is 344 g/mol. The van der Waals surface area contributed by atoms with E-state index >= 15 is 0 Å². The fourth-order valence-corrected chi connectivity index (χ4v) is 3.14. The molecule has 0 radical (unpaired) electrons. The third-order valence-electron chi connectivity index (χ3n) is 4.51. The number of amides is 2. The van der Waals surface area contributed by atoms with Crippen LogP contribution in [0.5, 0.6) is 0 Å². The van der Waals surface area contributed by atoms with Gasteiger partial charge in [-0.25, -0.2) is 0 Å². The first kappa shape index (κ1) is 18.6. The van der Waals surface area contributed by atoms with Gasteiger partial charge in [0.2, 0.25) is 5.91 Å². The first-order chi connectivity index (χ1) is 12.9. The lowest BCUT2D eigenvalue weighted by atomic mass is 10.1. The molecule has 0 aromatic heterocycles. The normalized spacial score (nSPS) is 16.3. The van der Waals surface area contributed by atoms with Gasteiger partial charge in [0.05, 0.1) is 5.92 Å². The summed E-state index contributed by atoms with van der Waals surface area (Å²) in [5.74, 6) is -1.62. The molecular formula is C21H22N2O4. The van der Waals surface area contributed by atoms with Crippen LogP contribution in [0, 0.1) is 19.8 Å². The number of hydrogen-bond donors (Lipinski definition) is 1. The molecule has 0 unspecified atom stereocenters. The van der Waals surface area contributed by atoms with E-state index in [2.05, 4.69) is 5.32 Å². The smallest absolute Gasteiger partial charge is 0.311 e. The number of hydrogen-bond acceptors (Lipinski definition) is 4. The number of aryl methyl sites for hydroxylation is 2. The summed E-state index contributed by atoms with van der Waals surface area (Å²) in [6.45, 7) is 3.74. The molecule has 2 aromatic carbocycles. The van der Waals surface area contributed by atoms with E-state index in [0.717, 1.165) is 16.8 Å². The van der Waals surface area contributed by atoms with Gasteiger partial charge in [-0.3, -0.25) is 14.4 Å². The van der Waals surface area contributed by atoms with Crippen LogP contribution >= 0.6 is 0 Å². The summed E-state index contributed by atoms with van der Waals surface area (Å²) < 4.78 is 5.12. The Morgan fingerprint density at radius 3 is 2.67 bits per heavy atom. The average Bonchev–Trinajstić information content (AvgIpc) is 3.02. The summed E-state index contributed by atoms with van der Waals surface area (Å²) in [4.78, 5) is 38.2. The van der Waals surface area contributed by atoms with E-state index in [-0.39, 0.29) is 25.5 Å². The molecule has 0 aliphatic carbocycles. The van der Waals surface area contributed by atoms with Gasteiger partial charge in [-0.15, -0.1) is 0 Å². The highest BCUT2D eigenvalue weighted by Crippen LogP contribution is 2.28. The quantitative estimate of drug-likeness (QED) is 0.826. The standard InChI is InChI=1S/C21H22N2O4/c1-14-6-5-8-17(10-14)22-19(24)13-27-21(26)16-11-20(25)23(12-16)18-9-4-3-7-15(18)2/h3-10,16H,11-13H2,1-2H3,(H,22,24)/t16-/m0/s1. The highest BCUT2D eigenvalue weighted by atomic mass is 16.5. The maximum absolute atomic E-state index is 12.3. The molecule has 1 heterocycles. The van der Waals surface area contributed by atoms with Crippen LogP contribution in [0.25, 0.3) is 0 Å². The first-order valence-corrected chi connectivity index (χ1v) is 8.83. The summed E-state index contributed by atoms with van der Waals surface area (Å²) in [6.07, 6.45) is 0.0899. The molecule has 140 valence electrons. The molecule has 0 bridgehead atoms. The Morgan fingerprint density at radius 2 is 1.93 bits per heavy atom. The number of nitrogens with zero attached hydrogens (tertiary/aromatic N) is 1. The van der Waals surface area contributed by atoms with Crippen LogP contribution in [-0.4, -0.2) is 30.9 Å². The molecule has 6 nitrogen and oxygen atoms in total. The van der Waals surface area contributed by atoms with E-state index in [1.165, 1.54) is 0 Å². The second kappa shape index (κ2) is 8.03. The molecule has 27 heavy (non-hydrogen) atoms. The van der Waals surface area contributed by atoms with Crippen molar-refractivity contribution in [2.75, 3.05) is 23.4 Å². The number of nitrogens with one attached hydrogen (secondary N) is 1. The highest BCUT2D eigenvalue weighted by Gasteiger charge is 2.36. The van der Waals surface area contributed by atoms with Crippen molar-refractivity contribution in [2.24, 2.45) is 5.92 Å². The number of ether oxygens (including phenoxy) is 1. The number of rotatable bonds is 5. The second-order valence-electron chi connectivity index (χ2n) is 6.72. The van der Waals surface area contributed by atoms with Crippen molar-refractivity contribution >= 4 is 29.2 Å². The number of anilines is 2. The van der Waals surface area contributed by atoms with Crippen molar-refractivity contribution in [2.45, 2.75) is 20.3 Å². The first-order valence-electron chi connectivity index (χ1n) is 8.83. The second-order valence-corrected chi connectivity index (χ2v) is 6.72. The Hall–Kier alpha value is -3.15. The lowest BCUT2D eigenvalue weighted by Crippen LogP contribution is -2.28. The van der Waals surface area contributed by atoms with Gasteiger partial charge in [0.25, 0.3) is 5.91 Å². The summed E-state index contributed by atoms with van der Waals surface area (Å²) in [5.41, 5.74) is 3.44. The maximum atomic E-state index is 12.3. The number of benzene rings is 2. The molecule has 0 saturated carbocycles. The van der Waals surface area contributed by atoms with Crippen molar-refractivity contribution < 1.29 is 19.1 Å². The number of para-hydroxylation sites is 1.